The maximum Gasteiger partial charge on any atom is 0.227 e. The van der Waals surface area contributed by atoms with E-state index >= 15 is 0 Å². The number of aliphatic hydroxyl groups is 1. The molecule has 1 aliphatic rings. The van der Waals surface area contributed by atoms with E-state index in [0.29, 0.717) is 6.54 Å². The summed E-state index contributed by atoms with van der Waals surface area (Å²) in [6.45, 7) is 6.25. The maximum absolute atomic E-state index is 12.0. The molecule has 2 atom stereocenters. The van der Waals surface area contributed by atoms with Gasteiger partial charge in [0.25, 0.3) is 0 Å². The molecule has 2 unspecified atom stereocenters. The van der Waals surface area contributed by atoms with Gasteiger partial charge in [-0.2, -0.15) is 0 Å². The smallest absolute Gasteiger partial charge is 0.227 e. The summed E-state index contributed by atoms with van der Waals surface area (Å²) in [4.78, 5) is 12.0. The van der Waals surface area contributed by atoms with Gasteiger partial charge < -0.3 is 15.7 Å². The topological polar surface area (TPSA) is 61.4 Å². The average molecular weight is 228 g/mol. The molecule has 0 saturated carbocycles. The van der Waals surface area contributed by atoms with Crippen molar-refractivity contribution < 1.29 is 9.90 Å². The lowest BCUT2D eigenvalue weighted by Gasteiger charge is -2.25. The highest BCUT2D eigenvalue weighted by atomic mass is 16.3. The summed E-state index contributed by atoms with van der Waals surface area (Å²) in [7, 11) is 0. The first-order chi connectivity index (χ1) is 7.60. The van der Waals surface area contributed by atoms with Crippen molar-refractivity contribution in [3.05, 3.63) is 0 Å². The molecule has 1 fully saturated rings. The number of hydrogen-bond acceptors (Lipinski definition) is 3. The molecule has 3 N–H and O–H groups in total. The molecule has 4 heteroatoms. The average Bonchev–Trinajstić information content (AvgIpc) is 2.73. The highest BCUT2D eigenvalue weighted by Crippen LogP contribution is 2.29. The number of nitrogens with one attached hydrogen (secondary N) is 2. The second-order valence-electron chi connectivity index (χ2n) is 4.81. The first-order valence-corrected chi connectivity index (χ1v) is 6.28. The van der Waals surface area contributed by atoms with Crippen LogP contribution in [0.1, 0.15) is 39.5 Å². The number of carbonyl (C=O) groups excluding carboxylic acids is 1. The van der Waals surface area contributed by atoms with Crippen molar-refractivity contribution in [3.8, 4) is 0 Å². The van der Waals surface area contributed by atoms with E-state index in [1.807, 2.05) is 0 Å². The Balaban J connectivity index is 2.28. The molecule has 1 saturated heterocycles. The molecule has 0 aromatic rings. The predicted octanol–water partition coefficient (Wildman–Crippen LogP) is 0.653. The van der Waals surface area contributed by atoms with E-state index in [9.17, 15) is 4.79 Å². The molecule has 16 heavy (non-hydrogen) atoms. The first kappa shape index (κ1) is 13.5. The monoisotopic (exact) mass is 228 g/mol. The molecule has 94 valence electrons. The van der Waals surface area contributed by atoms with Crippen molar-refractivity contribution in [2.75, 3.05) is 19.6 Å². The minimum Gasteiger partial charge on any atom is -0.393 e. The van der Waals surface area contributed by atoms with Gasteiger partial charge in [0.15, 0.2) is 0 Å². The normalized spacial score (nSPS) is 26.7. The fourth-order valence-electron chi connectivity index (χ4n) is 2.19. The van der Waals surface area contributed by atoms with Crippen LogP contribution in [0.4, 0.5) is 0 Å². The molecular formula is C12H24N2O2. The summed E-state index contributed by atoms with van der Waals surface area (Å²) in [5.74, 6) is 0.172. The van der Waals surface area contributed by atoms with Crippen LogP contribution in [0.5, 0.6) is 0 Å². The molecule has 1 heterocycles. The van der Waals surface area contributed by atoms with Gasteiger partial charge in [0.05, 0.1) is 11.5 Å². The predicted molar refractivity (Wildman–Crippen MR) is 64.1 cm³/mol. The van der Waals surface area contributed by atoms with Crippen molar-refractivity contribution in [2.45, 2.75) is 45.6 Å². The van der Waals surface area contributed by atoms with Crippen LogP contribution in [0, 0.1) is 5.41 Å². The van der Waals surface area contributed by atoms with Gasteiger partial charge >= 0.3 is 0 Å². The summed E-state index contributed by atoms with van der Waals surface area (Å²) >= 11 is 0. The van der Waals surface area contributed by atoms with Gasteiger partial charge in [-0.15, -0.1) is 0 Å². The number of carbonyl (C=O) groups is 1. The first-order valence-electron chi connectivity index (χ1n) is 6.28. The lowest BCUT2D eigenvalue weighted by atomic mass is 9.83. The van der Waals surface area contributed by atoms with Crippen LogP contribution in [-0.4, -0.2) is 36.8 Å². The number of rotatable bonds is 6. The van der Waals surface area contributed by atoms with Crippen LogP contribution in [0.2, 0.25) is 0 Å². The van der Waals surface area contributed by atoms with Gasteiger partial charge in [-0.1, -0.05) is 6.92 Å². The Morgan fingerprint density at radius 2 is 2.38 bits per heavy atom. The van der Waals surface area contributed by atoms with Gasteiger partial charge in [0, 0.05) is 13.1 Å². The highest BCUT2D eigenvalue weighted by molar-refractivity contribution is 5.83. The van der Waals surface area contributed by atoms with Crippen LogP contribution in [0.25, 0.3) is 0 Å². The summed E-state index contributed by atoms with van der Waals surface area (Å²) in [6, 6.07) is 0. The Bertz CT molecular complexity index is 223. The molecule has 1 amide bonds. The van der Waals surface area contributed by atoms with Crippen molar-refractivity contribution >= 4 is 5.91 Å². The van der Waals surface area contributed by atoms with Crippen molar-refractivity contribution in [2.24, 2.45) is 5.41 Å². The number of aliphatic hydroxyl groups excluding tert-OH is 1. The summed E-state index contributed by atoms with van der Waals surface area (Å²) in [5.41, 5.74) is -0.190. The molecule has 0 aromatic heterocycles. The minimum atomic E-state index is -0.273. The van der Waals surface area contributed by atoms with Crippen LogP contribution < -0.4 is 10.6 Å². The van der Waals surface area contributed by atoms with E-state index in [0.717, 1.165) is 38.8 Å². The third-order valence-corrected chi connectivity index (χ3v) is 3.49. The van der Waals surface area contributed by atoms with E-state index in [1.165, 1.54) is 0 Å². The molecule has 0 radical (unpaired) electrons. The van der Waals surface area contributed by atoms with E-state index in [-0.39, 0.29) is 17.4 Å². The van der Waals surface area contributed by atoms with Gasteiger partial charge in [-0.05, 0) is 39.2 Å². The maximum atomic E-state index is 12.0. The lowest BCUT2D eigenvalue weighted by Crippen LogP contribution is -2.42. The van der Waals surface area contributed by atoms with Gasteiger partial charge in [0.1, 0.15) is 0 Å². The molecule has 4 nitrogen and oxygen atoms in total. The fourth-order valence-corrected chi connectivity index (χ4v) is 2.19. The van der Waals surface area contributed by atoms with E-state index < -0.39 is 0 Å². The second-order valence-corrected chi connectivity index (χ2v) is 4.81. The molecule has 1 aliphatic heterocycles. The third-order valence-electron chi connectivity index (χ3n) is 3.49. The van der Waals surface area contributed by atoms with Crippen LogP contribution in [0.3, 0.4) is 0 Å². The lowest BCUT2D eigenvalue weighted by molar-refractivity contribution is -0.130. The van der Waals surface area contributed by atoms with Gasteiger partial charge in [-0.3, -0.25) is 4.79 Å². The Labute approximate surface area is 97.8 Å². The highest BCUT2D eigenvalue weighted by Gasteiger charge is 2.38. The molecule has 0 bridgehead atoms. The Morgan fingerprint density at radius 3 is 2.88 bits per heavy atom. The van der Waals surface area contributed by atoms with Crippen LogP contribution in [0.15, 0.2) is 0 Å². The zero-order valence-corrected chi connectivity index (χ0v) is 10.4. The van der Waals surface area contributed by atoms with Gasteiger partial charge in [-0.25, -0.2) is 0 Å². The molecule has 0 spiro atoms. The second kappa shape index (κ2) is 6.21. The number of amides is 1. The van der Waals surface area contributed by atoms with Crippen LogP contribution in [-0.2, 0) is 4.79 Å². The Kier molecular flexibility index (Phi) is 5.22. The molecule has 1 rings (SSSR count). The largest absolute Gasteiger partial charge is 0.393 e. The van der Waals surface area contributed by atoms with Crippen LogP contribution >= 0.6 is 0 Å². The molecular weight excluding hydrogens is 204 g/mol. The summed E-state index contributed by atoms with van der Waals surface area (Å²) in [5, 5.41) is 15.3. The minimum absolute atomic E-state index is 0.172. The Morgan fingerprint density at radius 1 is 1.62 bits per heavy atom. The number of hydrogen-bond donors (Lipinski definition) is 3. The summed E-state index contributed by atoms with van der Waals surface area (Å²) in [6.07, 6.45) is 3.15. The quantitative estimate of drug-likeness (QED) is 0.585. The molecule has 0 aliphatic carbocycles. The zero-order valence-electron chi connectivity index (χ0n) is 10.4. The van der Waals surface area contributed by atoms with E-state index in [4.69, 9.17) is 5.11 Å². The summed E-state index contributed by atoms with van der Waals surface area (Å²) < 4.78 is 0. The zero-order chi connectivity index (χ0) is 12.0. The molecule has 0 aromatic carbocycles. The van der Waals surface area contributed by atoms with Crippen molar-refractivity contribution in [1.29, 1.82) is 0 Å². The van der Waals surface area contributed by atoms with Gasteiger partial charge in [0.2, 0.25) is 5.91 Å². The fraction of sp³-hybridized carbons (Fsp3) is 0.917. The standard InChI is InChI=1S/C12H24N2O2/c1-3-12(6-8-13-9-12)11(16)14-7-4-5-10(2)15/h10,13,15H,3-9H2,1-2H3,(H,14,16). The van der Waals surface area contributed by atoms with E-state index in [2.05, 4.69) is 17.6 Å². The Hall–Kier alpha value is -0.610. The van der Waals surface area contributed by atoms with E-state index in [1.54, 1.807) is 6.92 Å². The van der Waals surface area contributed by atoms with Crippen molar-refractivity contribution in [3.63, 3.8) is 0 Å². The van der Waals surface area contributed by atoms with Crippen molar-refractivity contribution in [1.82, 2.24) is 10.6 Å². The SMILES string of the molecule is CCC1(C(=O)NCCCC(C)O)CCNC1. The third kappa shape index (κ3) is 3.46.